The van der Waals surface area contributed by atoms with Gasteiger partial charge < -0.3 is 9.47 Å². The average Bonchev–Trinajstić information content (AvgIpc) is 2.87. The van der Waals surface area contributed by atoms with Gasteiger partial charge in [-0.15, -0.1) is 6.58 Å². The quantitative estimate of drug-likeness (QED) is 0.536. The van der Waals surface area contributed by atoms with Gasteiger partial charge in [-0.05, 0) is 32.7 Å². The minimum absolute atomic E-state index is 0.133. The van der Waals surface area contributed by atoms with E-state index in [1.165, 1.54) is 6.42 Å². The number of hydrogen-bond donors (Lipinski definition) is 0. The summed E-state index contributed by atoms with van der Waals surface area (Å²) >= 11 is 0. The number of esters is 1. The molecule has 0 unspecified atom stereocenters. The third-order valence-corrected chi connectivity index (χ3v) is 4.56. The summed E-state index contributed by atoms with van der Waals surface area (Å²) in [5.74, 6) is -0.268. The third kappa shape index (κ3) is 1.34. The molecule has 0 aromatic heterocycles. The highest BCUT2D eigenvalue weighted by Crippen LogP contribution is 2.47. The maximum absolute atomic E-state index is 11.8. The fourth-order valence-electron chi connectivity index (χ4n) is 3.66. The second-order valence-electron chi connectivity index (χ2n) is 5.30. The Bertz CT molecular complexity index is 357. The summed E-state index contributed by atoms with van der Waals surface area (Å²) in [6.07, 6.45) is 4.57. The van der Waals surface area contributed by atoms with E-state index in [1.807, 2.05) is 13.0 Å². The second kappa shape index (κ2) is 3.82. The van der Waals surface area contributed by atoms with Crippen LogP contribution in [0.1, 0.15) is 26.2 Å². The maximum atomic E-state index is 11.8. The van der Waals surface area contributed by atoms with E-state index < -0.39 is 6.29 Å². The van der Waals surface area contributed by atoms with Crippen molar-refractivity contribution >= 4 is 5.97 Å². The van der Waals surface area contributed by atoms with Crippen molar-refractivity contribution in [2.75, 3.05) is 13.2 Å². The van der Waals surface area contributed by atoms with Crippen molar-refractivity contribution in [3.63, 3.8) is 0 Å². The van der Waals surface area contributed by atoms with Gasteiger partial charge in [-0.25, -0.2) is 0 Å². The van der Waals surface area contributed by atoms with E-state index in [9.17, 15) is 4.79 Å². The van der Waals surface area contributed by atoms with Gasteiger partial charge in [-0.3, -0.25) is 9.69 Å². The van der Waals surface area contributed by atoms with Crippen molar-refractivity contribution in [2.24, 2.45) is 5.92 Å². The van der Waals surface area contributed by atoms with Crippen molar-refractivity contribution in [3.8, 4) is 0 Å². The summed E-state index contributed by atoms with van der Waals surface area (Å²) in [5.41, 5.74) is -0.307. The van der Waals surface area contributed by atoms with Gasteiger partial charge in [0.25, 0.3) is 0 Å². The van der Waals surface area contributed by atoms with Crippen LogP contribution in [0.15, 0.2) is 12.7 Å². The van der Waals surface area contributed by atoms with Gasteiger partial charge in [0.1, 0.15) is 5.54 Å². The van der Waals surface area contributed by atoms with Crippen LogP contribution in [0.2, 0.25) is 0 Å². The van der Waals surface area contributed by atoms with Crippen LogP contribution >= 0.6 is 0 Å². The molecule has 0 aliphatic carbocycles. The zero-order valence-corrected chi connectivity index (χ0v) is 10.2. The molecule has 3 rings (SSSR count). The zero-order chi connectivity index (χ0) is 12.0. The van der Waals surface area contributed by atoms with Crippen molar-refractivity contribution < 1.29 is 14.3 Å². The van der Waals surface area contributed by atoms with Crippen LogP contribution < -0.4 is 0 Å². The van der Waals surface area contributed by atoms with Gasteiger partial charge in [0, 0.05) is 6.04 Å². The molecule has 17 heavy (non-hydrogen) atoms. The number of carbonyl (C=O) groups is 1. The van der Waals surface area contributed by atoms with E-state index >= 15 is 0 Å². The summed E-state index contributed by atoms with van der Waals surface area (Å²) < 4.78 is 11.2. The number of morpholine rings is 1. The van der Waals surface area contributed by atoms with E-state index in [4.69, 9.17) is 9.47 Å². The molecule has 4 atom stereocenters. The minimum atomic E-state index is -0.405. The lowest BCUT2D eigenvalue weighted by atomic mass is 9.80. The Labute approximate surface area is 102 Å². The highest BCUT2D eigenvalue weighted by Gasteiger charge is 2.62. The Morgan fingerprint density at radius 3 is 3.24 bits per heavy atom. The molecule has 0 N–H and O–H groups in total. The first-order valence-corrected chi connectivity index (χ1v) is 6.40. The predicted molar refractivity (Wildman–Crippen MR) is 62.3 cm³/mol. The summed E-state index contributed by atoms with van der Waals surface area (Å²) in [4.78, 5) is 14.3. The molecule has 0 saturated carbocycles. The fourth-order valence-corrected chi connectivity index (χ4v) is 3.66. The van der Waals surface area contributed by atoms with E-state index in [0.717, 1.165) is 19.4 Å². The highest BCUT2D eigenvalue weighted by molar-refractivity contribution is 5.77. The van der Waals surface area contributed by atoms with Gasteiger partial charge in [0.15, 0.2) is 0 Å². The van der Waals surface area contributed by atoms with E-state index in [2.05, 4.69) is 11.5 Å². The largest absolute Gasteiger partial charge is 0.433 e. The maximum Gasteiger partial charge on any atom is 0.313 e. The predicted octanol–water partition coefficient (Wildman–Crippen LogP) is 1.31. The number of ether oxygens (including phenoxy) is 2. The Hall–Kier alpha value is -0.870. The number of hydrogen-bond acceptors (Lipinski definition) is 4. The van der Waals surface area contributed by atoms with Gasteiger partial charge in [0.2, 0.25) is 6.29 Å². The normalized spacial score (nSPS) is 45.2. The smallest absolute Gasteiger partial charge is 0.313 e. The lowest BCUT2D eigenvalue weighted by molar-refractivity contribution is -0.219. The molecule has 3 aliphatic rings. The molecule has 3 fully saturated rings. The Morgan fingerprint density at radius 1 is 1.65 bits per heavy atom. The Morgan fingerprint density at radius 2 is 2.47 bits per heavy atom. The molecule has 0 amide bonds. The van der Waals surface area contributed by atoms with Crippen molar-refractivity contribution in [1.82, 2.24) is 4.90 Å². The standard InChI is InChI=1S/C13H19NO3/c1-3-6-13-9(2)11(15)17-12(13)16-8-10-5-4-7-14(10)13/h3,9-10,12H,1,4-8H2,2H3/t9-,10+,12+,13-/m1/s1. The minimum Gasteiger partial charge on any atom is -0.433 e. The van der Waals surface area contributed by atoms with Crippen LogP contribution in [0.3, 0.4) is 0 Å². The van der Waals surface area contributed by atoms with Crippen LogP contribution in [0, 0.1) is 5.92 Å². The monoisotopic (exact) mass is 237 g/mol. The molecular weight excluding hydrogens is 218 g/mol. The molecule has 3 aliphatic heterocycles. The van der Waals surface area contributed by atoms with Gasteiger partial charge >= 0.3 is 5.97 Å². The van der Waals surface area contributed by atoms with E-state index in [-0.39, 0.29) is 17.4 Å². The topological polar surface area (TPSA) is 38.8 Å². The van der Waals surface area contributed by atoms with Crippen LogP contribution in [0.5, 0.6) is 0 Å². The van der Waals surface area contributed by atoms with Gasteiger partial charge in [0.05, 0.1) is 12.5 Å². The summed E-state index contributed by atoms with van der Waals surface area (Å²) in [7, 11) is 0. The lowest BCUT2D eigenvalue weighted by Gasteiger charge is -2.49. The lowest BCUT2D eigenvalue weighted by Crippen LogP contribution is -2.64. The van der Waals surface area contributed by atoms with E-state index in [1.54, 1.807) is 0 Å². The molecule has 0 spiro atoms. The molecule has 0 radical (unpaired) electrons. The van der Waals surface area contributed by atoms with Crippen LogP contribution in [0.4, 0.5) is 0 Å². The zero-order valence-electron chi connectivity index (χ0n) is 10.2. The first-order valence-electron chi connectivity index (χ1n) is 6.40. The fraction of sp³-hybridized carbons (Fsp3) is 0.769. The average molecular weight is 237 g/mol. The molecule has 0 bridgehead atoms. The first kappa shape index (κ1) is 11.2. The van der Waals surface area contributed by atoms with Crippen molar-refractivity contribution in [3.05, 3.63) is 12.7 Å². The van der Waals surface area contributed by atoms with Crippen molar-refractivity contribution in [2.45, 2.75) is 44.1 Å². The number of rotatable bonds is 2. The number of carbonyl (C=O) groups excluding carboxylic acids is 1. The SMILES string of the molecule is C=CC[C@@]12[C@@H](OC[C@@H]3CCCN31)OC(=O)[C@H]2C. The van der Waals surface area contributed by atoms with Crippen molar-refractivity contribution in [1.29, 1.82) is 0 Å². The van der Waals surface area contributed by atoms with Crippen LogP contribution in [-0.2, 0) is 14.3 Å². The molecule has 0 aromatic rings. The van der Waals surface area contributed by atoms with Crippen LogP contribution in [-0.4, -0.2) is 41.9 Å². The molecule has 4 heteroatoms. The summed E-state index contributed by atoms with van der Waals surface area (Å²) in [6, 6.07) is 0.447. The molecular formula is C13H19NO3. The van der Waals surface area contributed by atoms with Gasteiger partial charge in [-0.1, -0.05) is 6.08 Å². The second-order valence-corrected chi connectivity index (χ2v) is 5.30. The molecule has 0 aromatic carbocycles. The molecule has 3 heterocycles. The molecule has 3 saturated heterocycles. The highest BCUT2D eigenvalue weighted by atomic mass is 16.7. The summed E-state index contributed by atoms with van der Waals surface area (Å²) in [6.45, 7) is 7.51. The number of fused-ring (bicyclic) bond motifs is 3. The molecule has 4 nitrogen and oxygen atoms in total. The third-order valence-electron chi connectivity index (χ3n) is 4.56. The Kier molecular flexibility index (Phi) is 2.52. The summed E-state index contributed by atoms with van der Waals surface area (Å²) in [5, 5.41) is 0. The first-order chi connectivity index (χ1) is 8.20. The Balaban J connectivity index is 2.02. The van der Waals surface area contributed by atoms with Gasteiger partial charge in [-0.2, -0.15) is 0 Å². The van der Waals surface area contributed by atoms with Crippen LogP contribution in [0.25, 0.3) is 0 Å². The van der Waals surface area contributed by atoms with E-state index in [0.29, 0.717) is 12.6 Å². The number of nitrogens with zero attached hydrogens (tertiary/aromatic N) is 1. The molecule has 94 valence electrons.